The number of hydrogen-bond donors (Lipinski definition) is 2. The van der Waals surface area contributed by atoms with Crippen molar-refractivity contribution in [2.24, 2.45) is 0 Å². The number of nitrogens with one attached hydrogen (secondary N) is 2. The number of benzene rings is 1. The van der Waals surface area contributed by atoms with Crippen molar-refractivity contribution in [2.45, 2.75) is 20.3 Å². The van der Waals surface area contributed by atoms with Gasteiger partial charge in [0.05, 0.1) is 10.9 Å². The van der Waals surface area contributed by atoms with E-state index in [1.54, 1.807) is 0 Å². The van der Waals surface area contributed by atoms with Crippen LogP contribution in [0.15, 0.2) is 23.0 Å². The number of aromatic amines is 1. The molecule has 0 fully saturated rings. The number of H-pyrrole nitrogens is 1. The lowest BCUT2D eigenvalue weighted by atomic mass is 10.2. The second-order valence-electron chi connectivity index (χ2n) is 3.86. The highest BCUT2D eigenvalue weighted by Crippen LogP contribution is 2.10. The van der Waals surface area contributed by atoms with Crippen LogP contribution in [0.5, 0.6) is 0 Å². The fraction of sp³-hybridized carbons (Fsp3) is 0.333. The van der Waals surface area contributed by atoms with E-state index in [0.717, 1.165) is 24.0 Å². The van der Waals surface area contributed by atoms with Crippen LogP contribution in [0.4, 0.5) is 5.95 Å². The van der Waals surface area contributed by atoms with Gasteiger partial charge >= 0.3 is 0 Å². The smallest absolute Gasteiger partial charge is 0.260 e. The highest BCUT2D eigenvalue weighted by Gasteiger charge is 2.02. The summed E-state index contributed by atoms with van der Waals surface area (Å²) in [5.74, 6) is 0.545. The van der Waals surface area contributed by atoms with Crippen molar-refractivity contribution >= 4 is 16.9 Å². The molecule has 0 aliphatic carbocycles. The minimum absolute atomic E-state index is 0.0905. The second kappa shape index (κ2) is 4.35. The van der Waals surface area contributed by atoms with Gasteiger partial charge in [0.25, 0.3) is 5.56 Å². The molecule has 0 amide bonds. The fourth-order valence-electron chi connectivity index (χ4n) is 1.58. The van der Waals surface area contributed by atoms with Crippen molar-refractivity contribution in [1.82, 2.24) is 9.97 Å². The number of aromatic nitrogens is 2. The SMILES string of the molecule is CCCNc1nc2ccc(C)cc2c(=O)[nH]1. The molecule has 84 valence electrons. The lowest BCUT2D eigenvalue weighted by Gasteiger charge is -2.05. The Morgan fingerprint density at radius 2 is 2.25 bits per heavy atom. The summed E-state index contributed by atoms with van der Waals surface area (Å²) in [7, 11) is 0. The molecule has 1 aromatic heterocycles. The minimum atomic E-state index is -0.0905. The van der Waals surface area contributed by atoms with Crippen LogP contribution in [-0.2, 0) is 0 Å². The van der Waals surface area contributed by atoms with Crippen LogP contribution in [0.25, 0.3) is 10.9 Å². The molecular formula is C12H15N3O. The standard InChI is InChI=1S/C12H15N3O/c1-3-6-13-12-14-10-5-4-8(2)7-9(10)11(16)15-12/h4-5,7H,3,6H2,1-2H3,(H2,13,14,15,16). The van der Waals surface area contributed by atoms with Gasteiger partial charge in [0.15, 0.2) is 0 Å². The average molecular weight is 217 g/mol. The Hall–Kier alpha value is -1.84. The zero-order valence-corrected chi connectivity index (χ0v) is 9.50. The summed E-state index contributed by atoms with van der Waals surface area (Å²) in [5.41, 5.74) is 1.70. The van der Waals surface area contributed by atoms with Crippen LogP contribution in [-0.4, -0.2) is 16.5 Å². The summed E-state index contributed by atoms with van der Waals surface area (Å²) in [4.78, 5) is 18.9. The molecule has 0 radical (unpaired) electrons. The van der Waals surface area contributed by atoms with Crippen molar-refractivity contribution in [2.75, 3.05) is 11.9 Å². The number of anilines is 1. The number of aryl methyl sites for hydroxylation is 1. The summed E-state index contributed by atoms with van der Waals surface area (Å²) in [5, 5.41) is 3.72. The molecular weight excluding hydrogens is 202 g/mol. The number of nitrogens with zero attached hydrogens (tertiary/aromatic N) is 1. The first-order valence-electron chi connectivity index (χ1n) is 5.45. The summed E-state index contributed by atoms with van der Waals surface area (Å²) in [6.07, 6.45) is 0.996. The molecule has 2 rings (SSSR count). The van der Waals surface area contributed by atoms with Crippen molar-refractivity contribution < 1.29 is 0 Å². The zero-order valence-electron chi connectivity index (χ0n) is 9.50. The third kappa shape index (κ3) is 2.05. The lowest BCUT2D eigenvalue weighted by molar-refractivity contribution is 0.953. The molecule has 0 saturated carbocycles. The van der Waals surface area contributed by atoms with Crippen LogP contribution in [0.1, 0.15) is 18.9 Å². The van der Waals surface area contributed by atoms with Gasteiger partial charge in [-0.3, -0.25) is 9.78 Å². The number of hydrogen-bond acceptors (Lipinski definition) is 3. The third-order valence-corrected chi connectivity index (χ3v) is 2.40. The monoisotopic (exact) mass is 217 g/mol. The Morgan fingerprint density at radius 1 is 1.44 bits per heavy atom. The van der Waals surface area contributed by atoms with E-state index in [1.807, 2.05) is 25.1 Å². The normalized spacial score (nSPS) is 10.6. The maximum atomic E-state index is 11.8. The molecule has 1 aromatic carbocycles. The summed E-state index contributed by atoms with van der Waals surface area (Å²) >= 11 is 0. The van der Waals surface area contributed by atoms with Gasteiger partial charge in [-0.15, -0.1) is 0 Å². The van der Waals surface area contributed by atoms with E-state index in [4.69, 9.17) is 0 Å². The van der Waals surface area contributed by atoms with E-state index in [1.165, 1.54) is 0 Å². The van der Waals surface area contributed by atoms with Crippen molar-refractivity contribution in [3.05, 3.63) is 34.1 Å². The predicted octanol–water partition coefficient (Wildman–Crippen LogP) is 2.05. The van der Waals surface area contributed by atoms with E-state index < -0.39 is 0 Å². The molecule has 0 bridgehead atoms. The first kappa shape index (κ1) is 10.7. The minimum Gasteiger partial charge on any atom is -0.356 e. The molecule has 0 spiro atoms. The average Bonchev–Trinajstić information content (AvgIpc) is 2.27. The van der Waals surface area contributed by atoms with Gasteiger partial charge in [-0.05, 0) is 25.5 Å². The van der Waals surface area contributed by atoms with Crippen LogP contribution in [0, 0.1) is 6.92 Å². The Balaban J connectivity index is 2.51. The van der Waals surface area contributed by atoms with Gasteiger partial charge in [0.1, 0.15) is 0 Å². The Bertz CT molecular complexity index is 560. The Morgan fingerprint density at radius 3 is 3.00 bits per heavy atom. The predicted molar refractivity (Wildman–Crippen MR) is 65.9 cm³/mol. The van der Waals surface area contributed by atoms with E-state index >= 15 is 0 Å². The van der Waals surface area contributed by atoms with Gasteiger partial charge in [0, 0.05) is 6.54 Å². The van der Waals surface area contributed by atoms with Gasteiger partial charge in [0.2, 0.25) is 5.95 Å². The van der Waals surface area contributed by atoms with Crippen LogP contribution in [0.3, 0.4) is 0 Å². The Labute approximate surface area is 93.7 Å². The highest BCUT2D eigenvalue weighted by molar-refractivity contribution is 5.79. The van der Waals surface area contributed by atoms with Gasteiger partial charge < -0.3 is 5.32 Å². The van der Waals surface area contributed by atoms with Crippen LogP contribution < -0.4 is 10.9 Å². The van der Waals surface area contributed by atoms with Crippen molar-refractivity contribution in [3.63, 3.8) is 0 Å². The maximum Gasteiger partial charge on any atom is 0.260 e. The van der Waals surface area contributed by atoms with E-state index in [2.05, 4.69) is 22.2 Å². The van der Waals surface area contributed by atoms with Crippen LogP contribution in [0.2, 0.25) is 0 Å². The lowest BCUT2D eigenvalue weighted by Crippen LogP contribution is -2.13. The van der Waals surface area contributed by atoms with Crippen LogP contribution >= 0.6 is 0 Å². The molecule has 2 N–H and O–H groups in total. The number of rotatable bonds is 3. The van der Waals surface area contributed by atoms with Gasteiger partial charge in [-0.25, -0.2) is 4.98 Å². The largest absolute Gasteiger partial charge is 0.356 e. The molecule has 0 aliphatic heterocycles. The molecule has 16 heavy (non-hydrogen) atoms. The zero-order chi connectivity index (χ0) is 11.5. The van der Waals surface area contributed by atoms with E-state index in [9.17, 15) is 4.79 Å². The van der Waals surface area contributed by atoms with E-state index in [-0.39, 0.29) is 5.56 Å². The third-order valence-electron chi connectivity index (χ3n) is 2.40. The molecule has 4 heteroatoms. The maximum absolute atomic E-state index is 11.8. The molecule has 0 aliphatic rings. The highest BCUT2D eigenvalue weighted by atomic mass is 16.1. The molecule has 0 saturated heterocycles. The van der Waals surface area contributed by atoms with Crippen molar-refractivity contribution in [1.29, 1.82) is 0 Å². The number of fused-ring (bicyclic) bond motifs is 1. The van der Waals surface area contributed by atoms with Gasteiger partial charge in [-0.1, -0.05) is 18.6 Å². The summed E-state index contributed by atoms with van der Waals surface area (Å²) in [6.45, 7) is 4.83. The fourth-order valence-corrected chi connectivity index (χ4v) is 1.58. The van der Waals surface area contributed by atoms with Crippen molar-refractivity contribution in [3.8, 4) is 0 Å². The quantitative estimate of drug-likeness (QED) is 0.827. The topological polar surface area (TPSA) is 57.8 Å². The second-order valence-corrected chi connectivity index (χ2v) is 3.86. The summed E-state index contributed by atoms with van der Waals surface area (Å²) in [6, 6.07) is 5.68. The molecule has 0 atom stereocenters. The summed E-state index contributed by atoms with van der Waals surface area (Å²) < 4.78 is 0. The first-order chi connectivity index (χ1) is 7.70. The van der Waals surface area contributed by atoms with Gasteiger partial charge in [-0.2, -0.15) is 0 Å². The molecule has 4 nitrogen and oxygen atoms in total. The first-order valence-corrected chi connectivity index (χ1v) is 5.45. The molecule has 1 heterocycles. The van der Waals surface area contributed by atoms with E-state index in [0.29, 0.717) is 11.3 Å². The molecule has 0 unspecified atom stereocenters. The Kier molecular flexibility index (Phi) is 2.90. The molecule has 2 aromatic rings.